The van der Waals surface area contributed by atoms with Crippen LogP contribution in [0.4, 0.5) is 4.39 Å². The highest BCUT2D eigenvalue weighted by Crippen LogP contribution is 2.23. The van der Waals surface area contributed by atoms with Crippen molar-refractivity contribution in [3.05, 3.63) is 63.9 Å². The number of hydrogen-bond donors (Lipinski definition) is 2. The first-order chi connectivity index (χ1) is 12.2. The fourth-order valence-corrected chi connectivity index (χ4v) is 2.78. The van der Waals surface area contributed by atoms with Gasteiger partial charge < -0.3 is 15.4 Å². The lowest BCUT2D eigenvalue weighted by atomic mass is 10.1. The van der Waals surface area contributed by atoms with Crippen molar-refractivity contribution in [3.8, 4) is 5.75 Å². The van der Waals surface area contributed by atoms with Gasteiger partial charge in [0.05, 0.1) is 0 Å². The van der Waals surface area contributed by atoms with Gasteiger partial charge in [0.1, 0.15) is 11.6 Å². The fourth-order valence-electron chi connectivity index (χ4n) is 2.37. The molecule has 0 heterocycles. The zero-order valence-corrected chi connectivity index (χ0v) is 18.0. The van der Waals surface area contributed by atoms with Crippen LogP contribution in [0.3, 0.4) is 0 Å². The van der Waals surface area contributed by atoms with Crippen LogP contribution in [0.15, 0.2) is 46.9 Å². The Morgan fingerprint density at radius 2 is 1.78 bits per heavy atom. The zero-order chi connectivity index (χ0) is 19.2. The van der Waals surface area contributed by atoms with Crippen molar-refractivity contribution >= 4 is 34.2 Å². The number of ether oxygens (including phenoxy) is 1. The largest absolute Gasteiger partial charge is 0.483 e. The first-order valence-corrected chi connectivity index (χ1v) is 9.20. The van der Waals surface area contributed by atoms with Crippen molar-refractivity contribution in [1.29, 1.82) is 0 Å². The molecule has 1 amide bonds. The van der Waals surface area contributed by atoms with Gasteiger partial charge >= 0.3 is 0 Å². The second-order valence-electron chi connectivity index (χ2n) is 7.07. The summed E-state index contributed by atoms with van der Waals surface area (Å²) in [4.78, 5) is 11.9. The third-order valence-electron chi connectivity index (χ3n) is 3.45. The maximum atomic E-state index is 12.9. The molecule has 0 saturated carbocycles. The molecule has 0 unspecified atom stereocenters. The molecule has 2 rings (SSSR count). The van der Waals surface area contributed by atoms with Gasteiger partial charge in [-0.2, -0.15) is 0 Å². The summed E-state index contributed by atoms with van der Waals surface area (Å²) in [6, 6.07) is 12.0. The average molecular weight is 460 g/mol. The van der Waals surface area contributed by atoms with Crippen LogP contribution in [0.2, 0.25) is 0 Å². The molecule has 2 aromatic carbocycles. The summed E-state index contributed by atoms with van der Waals surface area (Å²) in [5, 5.41) is 6.18. The highest BCUT2D eigenvalue weighted by Gasteiger charge is 2.14. The van der Waals surface area contributed by atoms with Crippen LogP contribution in [0.25, 0.3) is 0 Å². The Hall–Kier alpha value is -1.63. The molecule has 148 valence electrons. The standard InChI is InChI=1S/C20H24BrFN2O2.ClH/c1-20(2,3)24-19(25)13-26-18-9-6-16(21)10-15(18)12-23-11-14-4-7-17(22)8-5-14;/h4-10,23H,11-13H2,1-3H3,(H,24,25);1H. The SMILES string of the molecule is CC(C)(C)NC(=O)COc1ccc(Br)cc1CNCc1ccc(F)cc1.Cl. The Labute approximate surface area is 174 Å². The number of rotatable bonds is 7. The van der Waals surface area contributed by atoms with Crippen LogP contribution in [-0.4, -0.2) is 18.1 Å². The Kier molecular flexibility index (Phi) is 9.22. The number of nitrogens with one attached hydrogen (secondary N) is 2. The van der Waals surface area contributed by atoms with E-state index in [0.29, 0.717) is 18.8 Å². The van der Waals surface area contributed by atoms with Gasteiger partial charge in [-0.05, 0) is 56.7 Å². The Balaban J connectivity index is 0.00000364. The van der Waals surface area contributed by atoms with Gasteiger partial charge in [-0.1, -0.05) is 28.1 Å². The highest BCUT2D eigenvalue weighted by molar-refractivity contribution is 9.10. The summed E-state index contributed by atoms with van der Waals surface area (Å²) in [5.41, 5.74) is 1.64. The van der Waals surface area contributed by atoms with E-state index in [4.69, 9.17) is 4.74 Å². The molecule has 0 fully saturated rings. The number of carbonyl (C=O) groups excluding carboxylic acids is 1. The average Bonchev–Trinajstić information content (AvgIpc) is 2.54. The molecular weight excluding hydrogens is 435 g/mol. The number of halogens is 3. The second kappa shape index (κ2) is 10.6. The van der Waals surface area contributed by atoms with Crippen molar-refractivity contribution in [2.75, 3.05) is 6.61 Å². The van der Waals surface area contributed by atoms with E-state index in [1.165, 1.54) is 12.1 Å². The van der Waals surface area contributed by atoms with Gasteiger partial charge in [0.15, 0.2) is 6.61 Å². The molecule has 7 heteroatoms. The molecule has 0 aliphatic rings. The van der Waals surface area contributed by atoms with Gasteiger partial charge in [0, 0.05) is 28.7 Å². The van der Waals surface area contributed by atoms with E-state index < -0.39 is 0 Å². The van der Waals surface area contributed by atoms with Gasteiger partial charge in [-0.3, -0.25) is 4.79 Å². The molecular formula is C20H25BrClFN2O2. The van der Waals surface area contributed by atoms with Gasteiger partial charge in [0.25, 0.3) is 5.91 Å². The minimum Gasteiger partial charge on any atom is -0.483 e. The summed E-state index contributed by atoms with van der Waals surface area (Å²) >= 11 is 3.46. The zero-order valence-electron chi connectivity index (χ0n) is 15.6. The molecule has 0 aliphatic heterocycles. The van der Waals surface area contributed by atoms with E-state index in [9.17, 15) is 9.18 Å². The highest BCUT2D eigenvalue weighted by atomic mass is 79.9. The Morgan fingerprint density at radius 3 is 2.41 bits per heavy atom. The molecule has 0 saturated heterocycles. The molecule has 27 heavy (non-hydrogen) atoms. The van der Waals surface area contributed by atoms with Crippen LogP contribution in [-0.2, 0) is 17.9 Å². The smallest absolute Gasteiger partial charge is 0.258 e. The summed E-state index contributed by atoms with van der Waals surface area (Å²) in [6.45, 7) is 6.91. The summed E-state index contributed by atoms with van der Waals surface area (Å²) in [5.74, 6) is 0.250. The van der Waals surface area contributed by atoms with E-state index in [-0.39, 0.29) is 36.3 Å². The van der Waals surface area contributed by atoms with Gasteiger partial charge in [-0.25, -0.2) is 4.39 Å². The summed E-state index contributed by atoms with van der Waals surface area (Å²) in [7, 11) is 0. The van der Waals surface area contributed by atoms with Crippen LogP contribution in [0, 0.1) is 5.82 Å². The molecule has 0 atom stereocenters. The topological polar surface area (TPSA) is 50.4 Å². The first kappa shape index (κ1) is 23.4. The number of amides is 1. The van der Waals surface area contributed by atoms with Crippen molar-refractivity contribution in [2.24, 2.45) is 0 Å². The lowest BCUT2D eigenvalue weighted by Gasteiger charge is -2.21. The molecule has 0 radical (unpaired) electrons. The molecule has 0 aliphatic carbocycles. The van der Waals surface area contributed by atoms with Crippen LogP contribution < -0.4 is 15.4 Å². The van der Waals surface area contributed by atoms with E-state index in [1.54, 1.807) is 12.1 Å². The Bertz CT molecular complexity index is 749. The van der Waals surface area contributed by atoms with E-state index >= 15 is 0 Å². The molecule has 0 aromatic heterocycles. The third-order valence-corrected chi connectivity index (χ3v) is 3.95. The molecule has 0 bridgehead atoms. The van der Waals surface area contributed by atoms with Crippen LogP contribution in [0.5, 0.6) is 5.75 Å². The third kappa shape index (κ3) is 8.73. The van der Waals surface area contributed by atoms with E-state index in [0.717, 1.165) is 15.6 Å². The second-order valence-corrected chi connectivity index (χ2v) is 7.98. The van der Waals surface area contributed by atoms with Crippen LogP contribution in [0.1, 0.15) is 31.9 Å². The minimum absolute atomic E-state index is 0. The normalized spacial score (nSPS) is 10.9. The monoisotopic (exact) mass is 458 g/mol. The van der Waals surface area contributed by atoms with Gasteiger partial charge in [-0.15, -0.1) is 12.4 Å². The Morgan fingerprint density at radius 1 is 1.11 bits per heavy atom. The van der Waals surface area contributed by atoms with Crippen LogP contribution >= 0.6 is 28.3 Å². The maximum Gasteiger partial charge on any atom is 0.258 e. The number of hydrogen-bond acceptors (Lipinski definition) is 3. The van der Waals surface area contributed by atoms with E-state index in [2.05, 4.69) is 26.6 Å². The number of carbonyl (C=O) groups is 1. The lowest BCUT2D eigenvalue weighted by Crippen LogP contribution is -2.43. The maximum absolute atomic E-state index is 12.9. The summed E-state index contributed by atoms with van der Waals surface area (Å²) in [6.07, 6.45) is 0. The predicted octanol–water partition coefficient (Wildman–Crippen LogP) is 4.59. The molecule has 0 spiro atoms. The van der Waals surface area contributed by atoms with Crippen molar-refractivity contribution in [2.45, 2.75) is 39.4 Å². The minimum atomic E-state index is -0.292. The van der Waals surface area contributed by atoms with E-state index in [1.807, 2.05) is 39.0 Å². The number of benzene rings is 2. The molecule has 2 N–H and O–H groups in total. The molecule has 2 aromatic rings. The predicted molar refractivity (Wildman–Crippen MR) is 112 cm³/mol. The quantitative estimate of drug-likeness (QED) is 0.636. The summed E-state index contributed by atoms with van der Waals surface area (Å²) < 4.78 is 19.6. The fraction of sp³-hybridized carbons (Fsp3) is 0.350. The van der Waals surface area contributed by atoms with Crippen molar-refractivity contribution in [3.63, 3.8) is 0 Å². The first-order valence-electron chi connectivity index (χ1n) is 8.40. The van der Waals surface area contributed by atoms with Crippen molar-refractivity contribution in [1.82, 2.24) is 10.6 Å². The lowest BCUT2D eigenvalue weighted by molar-refractivity contribution is -0.124. The van der Waals surface area contributed by atoms with Gasteiger partial charge in [0.2, 0.25) is 0 Å². The van der Waals surface area contributed by atoms with Crippen molar-refractivity contribution < 1.29 is 13.9 Å². The molecule has 4 nitrogen and oxygen atoms in total.